The van der Waals surface area contributed by atoms with E-state index < -0.39 is 0 Å². The van der Waals surface area contributed by atoms with E-state index in [1.165, 1.54) is 48.1 Å². The largest absolute Gasteiger partial charge is 0.378 e. The predicted octanol–water partition coefficient (Wildman–Crippen LogP) is 10.1. The molecule has 0 aliphatic carbocycles. The SMILES string of the molecule is CCCCc1ccc(-n2c(-c3ccc(C#N)cc3)cc3c2cc(-c2ccc(N4CCOCC4)cc2)n3-c2ccc(CCCC)cc2)cc1. The van der Waals surface area contributed by atoms with E-state index in [1.807, 2.05) is 12.1 Å². The lowest BCUT2D eigenvalue weighted by atomic mass is 10.1. The van der Waals surface area contributed by atoms with Gasteiger partial charge in [-0.2, -0.15) is 5.26 Å². The quantitative estimate of drug-likeness (QED) is 0.143. The Hall–Kier alpha value is -5.05. The fourth-order valence-corrected chi connectivity index (χ4v) is 6.90. The lowest BCUT2D eigenvalue weighted by Gasteiger charge is -2.29. The summed E-state index contributed by atoms with van der Waals surface area (Å²) in [7, 11) is 0. The zero-order valence-electron chi connectivity index (χ0n) is 28.2. The second-order valence-electron chi connectivity index (χ2n) is 12.9. The number of rotatable bonds is 11. The van der Waals surface area contributed by atoms with Crippen LogP contribution in [0.1, 0.15) is 56.2 Å². The number of morpholine rings is 1. The number of aryl methyl sites for hydroxylation is 2. The maximum Gasteiger partial charge on any atom is 0.0991 e. The van der Waals surface area contributed by atoms with E-state index in [2.05, 4.69) is 131 Å². The van der Waals surface area contributed by atoms with Gasteiger partial charge in [-0.3, -0.25) is 0 Å². The molecule has 6 aromatic rings. The van der Waals surface area contributed by atoms with E-state index in [9.17, 15) is 5.26 Å². The van der Waals surface area contributed by atoms with Crippen molar-refractivity contribution in [3.63, 3.8) is 0 Å². The molecule has 48 heavy (non-hydrogen) atoms. The molecule has 3 heterocycles. The molecular formula is C43H44N4O. The highest BCUT2D eigenvalue weighted by Crippen LogP contribution is 2.39. The van der Waals surface area contributed by atoms with Gasteiger partial charge in [-0.05, 0) is 109 Å². The van der Waals surface area contributed by atoms with Gasteiger partial charge in [-0.15, -0.1) is 0 Å². The van der Waals surface area contributed by atoms with E-state index in [-0.39, 0.29) is 0 Å². The van der Waals surface area contributed by atoms with Gasteiger partial charge >= 0.3 is 0 Å². The Bertz CT molecular complexity index is 2000. The molecule has 5 heteroatoms. The Morgan fingerprint density at radius 3 is 1.46 bits per heavy atom. The molecule has 242 valence electrons. The normalized spacial score (nSPS) is 13.2. The van der Waals surface area contributed by atoms with Crippen LogP contribution in [0.15, 0.2) is 109 Å². The van der Waals surface area contributed by atoms with E-state index in [1.54, 1.807) is 0 Å². The van der Waals surface area contributed by atoms with Gasteiger partial charge in [0.1, 0.15) is 0 Å². The summed E-state index contributed by atoms with van der Waals surface area (Å²) in [6.45, 7) is 7.87. The Kier molecular flexibility index (Phi) is 9.45. The third-order valence-corrected chi connectivity index (χ3v) is 9.65. The number of nitriles is 1. The zero-order valence-corrected chi connectivity index (χ0v) is 28.2. The van der Waals surface area contributed by atoms with Crippen LogP contribution in [0.4, 0.5) is 5.69 Å². The molecule has 5 nitrogen and oxygen atoms in total. The van der Waals surface area contributed by atoms with Crippen molar-refractivity contribution in [3.8, 4) is 40.0 Å². The van der Waals surface area contributed by atoms with Gasteiger partial charge in [0.15, 0.2) is 0 Å². The van der Waals surface area contributed by atoms with E-state index in [0.29, 0.717) is 5.56 Å². The molecule has 0 saturated carbocycles. The summed E-state index contributed by atoms with van der Waals surface area (Å²) < 4.78 is 10.4. The fourth-order valence-electron chi connectivity index (χ4n) is 6.90. The molecule has 7 rings (SSSR count). The lowest BCUT2D eigenvalue weighted by Crippen LogP contribution is -2.36. The highest BCUT2D eigenvalue weighted by Gasteiger charge is 2.21. The maximum atomic E-state index is 9.49. The van der Waals surface area contributed by atoms with Crippen molar-refractivity contribution < 1.29 is 4.74 Å². The minimum atomic E-state index is 0.664. The van der Waals surface area contributed by atoms with E-state index >= 15 is 0 Å². The Labute approximate surface area is 284 Å². The Morgan fingerprint density at radius 2 is 1.02 bits per heavy atom. The molecule has 0 unspecified atom stereocenters. The highest BCUT2D eigenvalue weighted by atomic mass is 16.5. The lowest BCUT2D eigenvalue weighted by molar-refractivity contribution is 0.122. The standard InChI is InChI=1S/C43H44N4O/c1-3-5-7-32-11-19-38(20-12-32)46-40(35-15-9-34(31-44)10-16-35)29-42-43(46)30-41(47(42)39-21-13-33(14-22-39)8-6-4-2)36-17-23-37(24-18-36)45-25-27-48-28-26-45/h9-24,29-30H,3-8,25-28H2,1-2H3. The van der Waals surface area contributed by atoms with Crippen LogP contribution in [0.2, 0.25) is 0 Å². The number of hydrogen-bond donors (Lipinski definition) is 0. The number of unbranched alkanes of at least 4 members (excludes halogenated alkanes) is 2. The van der Waals surface area contributed by atoms with Crippen LogP contribution in [0.3, 0.4) is 0 Å². The van der Waals surface area contributed by atoms with Crippen molar-refractivity contribution in [2.75, 3.05) is 31.2 Å². The van der Waals surface area contributed by atoms with Crippen LogP contribution in [0.25, 0.3) is 44.9 Å². The smallest absolute Gasteiger partial charge is 0.0991 e. The van der Waals surface area contributed by atoms with Crippen molar-refractivity contribution in [1.29, 1.82) is 5.26 Å². The molecule has 0 spiro atoms. The van der Waals surface area contributed by atoms with Gasteiger partial charge < -0.3 is 18.8 Å². The second-order valence-corrected chi connectivity index (χ2v) is 12.9. The average Bonchev–Trinajstić information content (AvgIpc) is 3.71. The number of benzene rings is 4. The second kappa shape index (κ2) is 14.4. The van der Waals surface area contributed by atoms with Crippen molar-refractivity contribution in [1.82, 2.24) is 9.13 Å². The monoisotopic (exact) mass is 632 g/mol. The number of anilines is 1. The molecule has 2 aromatic heterocycles. The van der Waals surface area contributed by atoms with E-state index in [0.717, 1.165) is 78.5 Å². The fraction of sp³-hybridized carbons (Fsp3) is 0.279. The summed E-state index contributed by atoms with van der Waals surface area (Å²) in [4.78, 5) is 2.40. The van der Waals surface area contributed by atoms with Gasteiger partial charge in [-0.1, -0.05) is 75.2 Å². The van der Waals surface area contributed by atoms with Crippen LogP contribution >= 0.6 is 0 Å². The van der Waals surface area contributed by atoms with Crippen molar-refractivity contribution in [3.05, 3.63) is 126 Å². The first-order valence-corrected chi connectivity index (χ1v) is 17.6. The minimum Gasteiger partial charge on any atom is -0.378 e. The molecule has 0 amide bonds. The maximum absolute atomic E-state index is 9.49. The molecule has 1 saturated heterocycles. The first-order valence-electron chi connectivity index (χ1n) is 17.6. The number of nitrogens with zero attached hydrogens (tertiary/aromatic N) is 4. The first-order chi connectivity index (χ1) is 23.7. The molecule has 1 aliphatic heterocycles. The van der Waals surface area contributed by atoms with Gasteiger partial charge in [0.2, 0.25) is 0 Å². The minimum absolute atomic E-state index is 0.664. The number of fused-ring (bicyclic) bond motifs is 1. The number of ether oxygens (including phenoxy) is 1. The van der Waals surface area contributed by atoms with Crippen LogP contribution < -0.4 is 4.90 Å². The summed E-state index contributed by atoms with van der Waals surface area (Å²) in [5.74, 6) is 0. The van der Waals surface area contributed by atoms with Crippen LogP contribution in [0.5, 0.6) is 0 Å². The number of hydrogen-bond acceptors (Lipinski definition) is 3. The topological polar surface area (TPSA) is 46.1 Å². The van der Waals surface area contributed by atoms with Crippen molar-refractivity contribution >= 4 is 16.7 Å². The van der Waals surface area contributed by atoms with Crippen molar-refractivity contribution in [2.24, 2.45) is 0 Å². The molecule has 1 aliphatic rings. The molecule has 0 atom stereocenters. The molecule has 0 bridgehead atoms. The Balaban J connectivity index is 1.41. The van der Waals surface area contributed by atoms with Crippen LogP contribution in [-0.2, 0) is 17.6 Å². The number of aromatic nitrogens is 2. The van der Waals surface area contributed by atoms with Gasteiger partial charge in [0.25, 0.3) is 0 Å². The first kappa shape index (κ1) is 31.5. The summed E-state index contributed by atoms with van der Waals surface area (Å²) >= 11 is 0. The van der Waals surface area contributed by atoms with Crippen LogP contribution in [0, 0.1) is 11.3 Å². The van der Waals surface area contributed by atoms with Crippen molar-refractivity contribution in [2.45, 2.75) is 52.4 Å². The third-order valence-electron chi connectivity index (χ3n) is 9.65. The van der Waals surface area contributed by atoms with Crippen LogP contribution in [-0.4, -0.2) is 35.4 Å². The predicted molar refractivity (Wildman–Crippen MR) is 198 cm³/mol. The Morgan fingerprint density at radius 1 is 0.583 bits per heavy atom. The molecule has 1 fully saturated rings. The van der Waals surface area contributed by atoms with E-state index in [4.69, 9.17) is 4.74 Å². The molecular weight excluding hydrogens is 589 g/mol. The molecule has 4 aromatic carbocycles. The third kappa shape index (κ3) is 6.41. The van der Waals surface area contributed by atoms with Gasteiger partial charge in [-0.25, -0.2) is 0 Å². The summed E-state index contributed by atoms with van der Waals surface area (Å²) in [5, 5.41) is 9.49. The summed E-state index contributed by atoms with van der Waals surface area (Å²) in [6.07, 6.45) is 6.96. The van der Waals surface area contributed by atoms with Gasteiger partial charge in [0.05, 0.1) is 47.3 Å². The zero-order chi connectivity index (χ0) is 32.9. The highest BCUT2D eigenvalue weighted by molar-refractivity contribution is 5.94. The summed E-state index contributed by atoms with van der Waals surface area (Å²) in [5.41, 5.74) is 13.8. The average molecular weight is 633 g/mol. The summed E-state index contributed by atoms with van der Waals surface area (Å²) in [6, 6.07) is 42.1. The molecule has 0 N–H and O–H groups in total. The van der Waals surface area contributed by atoms with Gasteiger partial charge in [0, 0.05) is 30.2 Å². The molecule has 0 radical (unpaired) electrons.